The normalized spacial score (nSPS) is 28.5. The highest BCUT2D eigenvalue weighted by Gasteiger charge is 2.47. The van der Waals surface area contributed by atoms with E-state index in [1.807, 2.05) is 0 Å². The van der Waals surface area contributed by atoms with Gasteiger partial charge in [-0.2, -0.15) is 10.1 Å². The van der Waals surface area contributed by atoms with Gasteiger partial charge in [-0.15, -0.1) is 0 Å². The molecule has 6 heteroatoms. The average Bonchev–Trinajstić information content (AvgIpc) is 2.47. The van der Waals surface area contributed by atoms with Crippen LogP contribution in [0, 0.1) is 0 Å². The Bertz CT molecular complexity index is 437. The van der Waals surface area contributed by atoms with Crippen molar-refractivity contribution in [3.63, 3.8) is 0 Å². The van der Waals surface area contributed by atoms with E-state index in [9.17, 15) is 0 Å². The smallest absolute Gasteiger partial charge is 0.0704 e. The lowest BCUT2D eigenvalue weighted by Crippen LogP contribution is -2.61. The van der Waals surface area contributed by atoms with Crippen molar-refractivity contribution >= 4 is 0 Å². The molecule has 2 saturated heterocycles. The summed E-state index contributed by atoms with van der Waals surface area (Å²) < 4.78 is 12.5. The van der Waals surface area contributed by atoms with Crippen LogP contribution in [0.3, 0.4) is 0 Å². The summed E-state index contributed by atoms with van der Waals surface area (Å²) in [5.74, 6) is 0. The van der Waals surface area contributed by atoms with Gasteiger partial charge in [0.25, 0.3) is 0 Å². The number of ether oxygens (including phenoxy) is 2. The van der Waals surface area contributed by atoms with Gasteiger partial charge in [0.2, 0.25) is 0 Å². The molecule has 0 amide bonds. The van der Waals surface area contributed by atoms with Crippen molar-refractivity contribution in [2.45, 2.75) is 115 Å². The Morgan fingerprint density at radius 1 is 0.571 bits per heavy atom. The van der Waals surface area contributed by atoms with Crippen molar-refractivity contribution in [1.29, 1.82) is 0 Å². The Hall–Kier alpha value is -0.240. The van der Waals surface area contributed by atoms with Crippen LogP contribution in [0.4, 0.5) is 0 Å². The standard InChI is InChI=1S/C22H44N2O4/c1-19(2)13-17(14-20(3,4)23(19)25-9)27-11-12-28-18-15-21(5,6)24(26-10)22(7,8)16-18/h17-18H,11-16H2,1-10H3. The van der Waals surface area contributed by atoms with E-state index in [0.717, 1.165) is 25.7 Å². The summed E-state index contributed by atoms with van der Waals surface area (Å²) >= 11 is 0. The lowest BCUT2D eigenvalue weighted by molar-refractivity contribution is -0.284. The van der Waals surface area contributed by atoms with Gasteiger partial charge in [-0.05, 0) is 81.1 Å². The Kier molecular flexibility index (Phi) is 7.28. The topological polar surface area (TPSA) is 43.4 Å². The van der Waals surface area contributed by atoms with Crippen LogP contribution < -0.4 is 0 Å². The summed E-state index contributed by atoms with van der Waals surface area (Å²) in [5.41, 5.74) is -0.210. The molecule has 2 heterocycles. The molecule has 0 unspecified atom stereocenters. The zero-order chi connectivity index (χ0) is 21.4. The van der Waals surface area contributed by atoms with Crippen molar-refractivity contribution < 1.29 is 19.1 Å². The Balaban J connectivity index is 1.83. The van der Waals surface area contributed by atoms with Crippen LogP contribution in [0.25, 0.3) is 0 Å². The van der Waals surface area contributed by atoms with Crippen molar-refractivity contribution in [3.05, 3.63) is 0 Å². The molecule has 0 saturated carbocycles. The van der Waals surface area contributed by atoms with E-state index in [2.05, 4.69) is 65.5 Å². The number of hydroxylamine groups is 4. The van der Waals surface area contributed by atoms with Gasteiger partial charge in [0, 0.05) is 22.2 Å². The van der Waals surface area contributed by atoms with Gasteiger partial charge < -0.3 is 19.1 Å². The lowest BCUT2D eigenvalue weighted by Gasteiger charge is -2.53. The number of rotatable bonds is 7. The summed E-state index contributed by atoms with van der Waals surface area (Å²) in [4.78, 5) is 11.3. The summed E-state index contributed by atoms with van der Waals surface area (Å²) in [5, 5.41) is 4.23. The van der Waals surface area contributed by atoms with Gasteiger partial charge >= 0.3 is 0 Å². The van der Waals surface area contributed by atoms with E-state index in [1.165, 1.54) is 0 Å². The third-order valence-electron chi connectivity index (χ3n) is 6.26. The maximum absolute atomic E-state index is 6.24. The molecule has 2 aliphatic heterocycles. The zero-order valence-corrected chi connectivity index (χ0v) is 19.9. The third kappa shape index (κ3) is 5.27. The summed E-state index contributed by atoms with van der Waals surface area (Å²) in [6.45, 7) is 19.0. The fourth-order valence-corrected chi connectivity index (χ4v) is 6.00. The molecule has 2 fully saturated rings. The van der Waals surface area contributed by atoms with Gasteiger partial charge in [0.05, 0.1) is 39.6 Å². The van der Waals surface area contributed by atoms with Crippen molar-refractivity contribution in [1.82, 2.24) is 10.1 Å². The maximum Gasteiger partial charge on any atom is 0.0704 e. The molecule has 0 spiro atoms. The lowest BCUT2D eigenvalue weighted by atomic mass is 9.80. The highest BCUT2D eigenvalue weighted by molar-refractivity contribution is 4.98. The van der Waals surface area contributed by atoms with E-state index in [4.69, 9.17) is 19.1 Å². The molecule has 2 rings (SSSR count). The molecular formula is C22H44N2O4. The molecule has 28 heavy (non-hydrogen) atoms. The second kappa shape index (κ2) is 8.48. The van der Waals surface area contributed by atoms with Crippen LogP contribution in [0.15, 0.2) is 0 Å². The predicted molar refractivity (Wildman–Crippen MR) is 112 cm³/mol. The minimum atomic E-state index is -0.0525. The molecule has 0 bridgehead atoms. The minimum absolute atomic E-state index is 0.0525. The van der Waals surface area contributed by atoms with Gasteiger partial charge in [-0.25, -0.2) is 0 Å². The van der Waals surface area contributed by atoms with Gasteiger partial charge in [-0.3, -0.25) is 0 Å². The SMILES string of the molecule is CON1C(C)(C)CC(OCCOC2CC(C)(C)N(OC)C(C)(C)C2)CC1(C)C. The van der Waals surface area contributed by atoms with Gasteiger partial charge in [-0.1, -0.05) is 0 Å². The van der Waals surface area contributed by atoms with Crippen LogP contribution >= 0.6 is 0 Å². The largest absolute Gasteiger partial charge is 0.376 e. The quantitative estimate of drug-likeness (QED) is 0.597. The second-order valence-corrected chi connectivity index (χ2v) is 11.0. The van der Waals surface area contributed by atoms with Gasteiger partial charge in [0.15, 0.2) is 0 Å². The first kappa shape index (κ1) is 24.0. The average molecular weight is 401 g/mol. The van der Waals surface area contributed by atoms with Crippen LogP contribution in [0.5, 0.6) is 0 Å². The zero-order valence-electron chi connectivity index (χ0n) is 19.9. The van der Waals surface area contributed by atoms with Crippen LogP contribution in [0.1, 0.15) is 81.1 Å². The fraction of sp³-hybridized carbons (Fsp3) is 1.00. The van der Waals surface area contributed by atoms with E-state index in [-0.39, 0.29) is 34.4 Å². The second-order valence-electron chi connectivity index (χ2n) is 11.0. The monoisotopic (exact) mass is 400 g/mol. The molecule has 6 nitrogen and oxygen atoms in total. The van der Waals surface area contributed by atoms with Crippen molar-refractivity contribution in [2.75, 3.05) is 27.4 Å². The van der Waals surface area contributed by atoms with Crippen LogP contribution in [-0.2, 0) is 19.1 Å². The number of piperidine rings is 2. The van der Waals surface area contributed by atoms with E-state index >= 15 is 0 Å². The van der Waals surface area contributed by atoms with Crippen molar-refractivity contribution in [2.24, 2.45) is 0 Å². The van der Waals surface area contributed by atoms with Crippen LogP contribution in [0.2, 0.25) is 0 Å². The highest BCUT2D eigenvalue weighted by atomic mass is 16.7. The Morgan fingerprint density at radius 3 is 1.04 bits per heavy atom. The molecule has 0 aliphatic carbocycles. The molecule has 0 atom stereocenters. The molecule has 0 N–H and O–H groups in total. The maximum atomic E-state index is 6.24. The number of nitrogens with zero attached hydrogens (tertiary/aromatic N) is 2. The first-order valence-corrected chi connectivity index (χ1v) is 10.7. The molecule has 166 valence electrons. The molecular weight excluding hydrogens is 356 g/mol. The fourth-order valence-electron chi connectivity index (χ4n) is 6.00. The Labute approximate surface area is 172 Å². The number of hydrogen-bond acceptors (Lipinski definition) is 6. The molecule has 0 aromatic carbocycles. The summed E-state index contributed by atoms with van der Waals surface area (Å²) in [6, 6.07) is 0. The summed E-state index contributed by atoms with van der Waals surface area (Å²) in [6.07, 6.45) is 4.27. The molecule has 0 aromatic heterocycles. The van der Waals surface area contributed by atoms with E-state index in [1.54, 1.807) is 14.2 Å². The van der Waals surface area contributed by atoms with Gasteiger partial charge in [0.1, 0.15) is 0 Å². The first-order chi connectivity index (χ1) is 12.7. The van der Waals surface area contributed by atoms with E-state index < -0.39 is 0 Å². The summed E-state index contributed by atoms with van der Waals surface area (Å²) in [7, 11) is 3.52. The van der Waals surface area contributed by atoms with Crippen LogP contribution in [-0.4, -0.2) is 71.9 Å². The molecule has 0 aromatic rings. The van der Waals surface area contributed by atoms with E-state index in [0.29, 0.717) is 13.2 Å². The number of hydrogen-bond donors (Lipinski definition) is 0. The third-order valence-corrected chi connectivity index (χ3v) is 6.26. The molecule has 2 aliphatic rings. The molecule has 0 radical (unpaired) electrons. The minimum Gasteiger partial charge on any atom is -0.376 e. The van der Waals surface area contributed by atoms with Crippen molar-refractivity contribution in [3.8, 4) is 0 Å². The first-order valence-electron chi connectivity index (χ1n) is 10.7. The highest BCUT2D eigenvalue weighted by Crippen LogP contribution is 2.40. The Morgan fingerprint density at radius 2 is 0.821 bits per heavy atom. The predicted octanol–water partition coefficient (Wildman–Crippen LogP) is 4.19.